The third kappa shape index (κ3) is 2.81. The second kappa shape index (κ2) is 4.95. The maximum atomic E-state index is 11.0. The van der Waals surface area contributed by atoms with Gasteiger partial charge < -0.3 is 19.9 Å². The Morgan fingerprint density at radius 1 is 1.53 bits per heavy atom. The first-order chi connectivity index (χ1) is 7.06. The second-order valence-electron chi connectivity index (χ2n) is 3.43. The average Bonchev–Trinajstić information content (AvgIpc) is 2.24. The van der Waals surface area contributed by atoms with Gasteiger partial charge in [-0.05, 0) is 13.3 Å². The number of nitrogens with zero attached hydrogens (tertiary/aromatic N) is 1. The quantitative estimate of drug-likeness (QED) is 0.636. The predicted octanol–water partition coefficient (Wildman–Crippen LogP) is -0.394. The van der Waals surface area contributed by atoms with E-state index in [0.29, 0.717) is 18.7 Å². The van der Waals surface area contributed by atoms with Crippen LogP contribution < -0.4 is 5.43 Å². The molecular formula is C10H15NO4. The fraction of sp³-hybridized carbons (Fsp3) is 0.500. The van der Waals surface area contributed by atoms with Crippen LogP contribution in [0.25, 0.3) is 0 Å². The maximum Gasteiger partial charge on any atom is 0.223 e. The summed E-state index contributed by atoms with van der Waals surface area (Å²) in [4.78, 5) is 11.0. The number of aromatic hydroxyl groups is 1. The van der Waals surface area contributed by atoms with Crippen molar-refractivity contribution >= 4 is 0 Å². The Bertz CT molecular complexity index is 385. The van der Waals surface area contributed by atoms with Gasteiger partial charge in [0.2, 0.25) is 5.43 Å². The molecule has 0 saturated carbocycles. The molecule has 0 aliphatic carbocycles. The van der Waals surface area contributed by atoms with E-state index in [4.69, 9.17) is 10.2 Å². The SMILES string of the molecule is Cc1c(O)c(=O)ccn1CCC(O)CO. The lowest BCUT2D eigenvalue weighted by Gasteiger charge is -2.13. The molecule has 0 aliphatic rings. The molecule has 15 heavy (non-hydrogen) atoms. The van der Waals surface area contributed by atoms with Gasteiger partial charge in [0.1, 0.15) is 0 Å². The van der Waals surface area contributed by atoms with Gasteiger partial charge in [0.15, 0.2) is 5.75 Å². The summed E-state index contributed by atoms with van der Waals surface area (Å²) in [6.45, 7) is 1.79. The summed E-state index contributed by atoms with van der Waals surface area (Å²) in [5.74, 6) is -0.268. The van der Waals surface area contributed by atoms with Crippen molar-refractivity contribution in [2.75, 3.05) is 6.61 Å². The molecule has 0 aliphatic heterocycles. The number of aryl methyl sites for hydroxylation is 1. The smallest absolute Gasteiger partial charge is 0.223 e. The summed E-state index contributed by atoms with van der Waals surface area (Å²) in [5, 5.41) is 27.1. The molecule has 0 aromatic carbocycles. The molecule has 1 atom stereocenters. The molecule has 1 heterocycles. The Morgan fingerprint density at radius 3 is 2.80 bits per heavy atom. The van der Waals surface area contributed by atoms with Crippen LogP contribution in [0.3, 0.4) is 0 Å². The molecule has 84 valence electrons. The lowest BCUT2D eigenvalue weighted by molar-refractivity contribution is 0.0844. The molecule has 1 rings (SSSR count). The number of aliphatic hydroxyl groups is 2. The van der Waals surface area contributed by atoms with Crippen LogP contribution in [0.4, 0.5) is 0 Å². The fourth-order valence-corrected chi connectivity index (χ4v) is 1.28. The van der Waals surface area contributed by atoms with Crippen molar-refractivity contribution in [3.8, 4) is 5.75 Å². The summed E-state index contributed by atoms with van der Waals surface area (Å²) in [6, 6.07) is 1.27. The Hall–Kier alpha value is -1.33. The van der Waals surface area contributed by atoms with Gasteiger partial charge >= 0.3 is 0 Å². The molecule has 0 amide bonds. The minimum absolute atomic E-state index is 0.268. The minimum atomic E-state index is -0.772. The first-order valence-corrected chi connectivity index (χ1v) is 4.74. The zero-order valence-corrected chi connectivity index (χ0v) is 8.55. The Morgan fingerprint density at radius 2 is 2.20 bits per heavy atom. The molecule has 0 spiro atoms. The molecule has 3 N–H and O–H groups in total. The monoisotopic (exact) mass is 213 g/mol. The highest BCUT2D eigenvalue weighted by atomic mass is 16.3. The van der Waals surface area contributed by atoms with Crippen LogP contribution in [0.1, 0.15) is 12.1 Å². The van der Waals surface area contributed by atoms with Crippen molar-refractivity contribution in [1.82, 2.24) is 4.57 Å². The summed E-state index contributed by atoms with van der Waals surface area (Å²) < 4.78 is 1.66. The molecular weight excluding hydrogens is 198 g/mol. The molecule has 1 aromatic heterocycles. The highest BCUT2D eigenvalue weighted by Gasteiger charge is 2.07. The van der Waals surface area contributed by atoms with E-state index in [9.17, 15) is 9.90 Å². The largest absolute Gasteiger partial charge is 0.503 e. The van der Waals surface area contributed by atoms with E-state index in [-0.39, 0.29) is 12.4 Å². The topological polar surface area (TPSA) is 82.7 Å². The van der Waals surface area contributed by atoms with Crippen LogP contribution in [0.2, 0.25) is 0 Å². The fourth-order valence-electron chi connectivity index (χ4n) is 1.28. The van der Waals surface area contributed by atoms with Crippen LogP contribution >= 0.6 is 0 Å². The number of aromatic nitrogens is 1. The standard InChI is InChI=1S/C10H15NO4/c1-7-10(15)9(14)3-5-11(7)4-2-8(13)6-12/h3,5,8,12-13,15H,2,4,6H2,1H3. The second-order valence-corrected chi connectivity index (χ2v) is 3.43. The molecule has 5 nitrogen and oxygen atoms in total. The van der Waals surface area contributed by atoms with Crippen molar-refractivity contribution in [2.45, 2.75) is 26.0 Å². The van der Waals surface area contributed by atoms with Gasteiger partial charge in [-0.2, -0.15) is 0 Å². The number of hydrogen-bond acceptors (Lipinski definition) is 4. The van der Waals surface area contributed by atoms with Gasteiger partial charge in [0.05, 0.1) is 18.4 Å². The third-order valence-corrected chi connectivity index (χ3v) is 2.33. The normalized spacial score (nSPS) is 12.7. The Labute approximate surface area is 87.2 Å². The lowest BCUT2D eigenvalue weighted by atomic mass is 10.2. The maximum absolute atomic E-state index is 11.0. The van der Waals surface area contributed by atoms with Crippen molar-refractivity contribution in [3.63, 3.8) is 0 Å². The van der Waals surface area contributed by atoms with Crippen molar-refractivity contribution in [3.05, 3.63) is 28.2 Å². The Kier molecular flexibility index (Phi) is 3.88. The van der Waals surface area contributed by atoms with E-state index >= 15 is 0 Å². The van der Waals surface area contributed by atoms with E-state index in [1.165, 1.54) is 6.07 Å². The molecule has 0 radical (unpaired) electrons. The summed E-state index contributed by atoms with van der Waals surface area (Å²) >= 11 is 0. The van der Waals surface area contributed by atoms with E-state index in [0.717, 1.165) is 0 Å². The van der Waals surface area contributed by atoms with E-state index in [1.54, 1.807) is 17.7 Å². The zero-order valence-electron chi connectivity index (χ0n) is 8.55. The van der Waals surface area contributed by atoms with E-state index < -0.39 is 11.5 Å². The van der Waals surface area contributed by atoms with E-state index in [1.807, 2.05) is 0 Å². The first-order valence-electron chi connectivity index (χ1n) is 4.74. The van der Waals surface area contributed by atoms with Crippen LogP contribution in [-0.2, 0) is 6.54 Å². The van der Waals surface area contributed by atoms with E-state index in [2.05, 4.69) is 0 Å². The molecule has 1 unspecified atom stereocenters. The van der Waals surface area contributed by atoms with Crippen LogP contribution in [0.15, 0.2) is 17.1 Å². The van der Waals surface area contributed by atoms with Crippen LogP contribution in [0.5, 0.6) is 5.75 Å². The van der Waals surface area contributed by atoms with Gasteiger partial charge in [0, 0.05) is 18.8 Å². The lowest BCUT2D eigenvalue weighted by Crippen LogP contribution is -2.17. The molecule has 0 bridgehead atoms. The van der Waals surface area contributed by atoms with Gasteiger partial charge in [-0.3, -0.25) is 4.79 Å². The van der Waals surface area contributed by atoms with Crippen molar-refractivity contribution in [2.24, 2.45) is 0 Å². The summed E-state index contributed by atoms with van der Waals surface area (Å²) in [7, 11) is 0. The highest BCUT2D eigenvalue weighted by Crippen LogP contribution is 2.10. The number of pyridine rings is 1. The van der Waals surface area contributed by atoms with Crippen LogP contribution in [-0.4, -0.2) is 32.6 Å². The Balaban J connectivity index is 2.79. The summed E-state index contributed by atoms with van der Waals surface area (Å²) in [5.41, 5.74) is 0.0547. The highest BCUT2D eigenvalue weighted by molar-refractivity contribution is 5.25. The predicted molar refractivity (Wildman–Crippen MR) is 54.8 cm³/mol. The van der Waals surface area contributed by atoms with Gasteiger partial charge in [0.25, 0.3) is 0 Å². The van der Waals surface area contributed by atoms with Crippen LogP contribution in [0, 0.1) is 6.92 Å². The summed E-state index contributed by atoms with van der Waals surface area (Å²) in [6.07, 6.45) is 1.16. The number of rotatable bonds is 4. The number of hydrogen-bond donors (Lipinski definition) is 3. The van der Waals surface area contributed by atoms with Crippen molar-refractivity contribution in [1.29, 1.82) is 0 Å². The van der Waals surface area contributed by atoms with Gasteiger partial charge in [-0.1, -0.05) is 0 Å². The number of aliphatic hydroxyl groups excluding tert-OH is 2. The van der Waals surface area contributed by atoms with Crippen molar-refractivity contribution < 1.29 is 15.3 Å². The molecule has 1 aromatic rings. The zero-order chi connectivity index (χ0) is 11.4. The third-order valence-electron chi connectivity index (χ3n) is 2.33. The average molecular weight is 213 g/mol. The van der Waals surface area contributed by atoms with Gasteiger partial charge in [-0.15, -0.1) is 0 Å². The minimum Gasteiger partial charge on any atom is -0.503 e. The first kappa shape index (κ1) is 11.7. The molecule has 5 heteroatoms. The van der Waals surface area contributed by atoms with Gasteiger partial charge in [-0.25, -0.2) is 0 Å². The molecule has 0 saturated heterocycles. The molecule has 0 fully saturated rings.